The van der Waals surface area contributed by atoms with Gasteiger partial charge in [0.25, 0.3) is 5.91 Å². The second-order valence-electron chi connectivity index (χ2n) is 9.15. The Morgan fingerprint density at radius 1 is 0.921 bits per heavy atom. The van der Waals surface area contributed by atoms with Crippen molar-refractivity contribution < 1.29 is 27.2 Å². The average Bonchev–Trinajstić information content (AvgIpc) is 3.18. The molecule has 0 spiro atoms. The first-order valence-electron chi connectivity index (χ1n) is 11.9. The zero-order chi connectivity index (χ0) is 27.6. The van der Waals surface area contributed by atoms with Gasteiger partial charge in [0.2, 0.25) is 5.91 Å². The molecule has 0 aromatic heterocycles. The highest BCUT2D eigenvalue weighted by Crippen LogP contribution is 2.38. The van der Waals surface area contributed by atoms with Crippen LogP contribution in [0, 0.1) is 23.3 Å². The van der Waals surface area contributed by atoms with Gasteiger partial charge in [-0.15, -0.1) is 0 Å². The summed E-state index contributed by atoms with van der Waals surface area (Å²) < 4.78 is 55.8. The highest BCUT2D eigenvalue weighted by molar-refractivity contribution is 6.37. The maximum atomic E-state index is 14.2. The van der Waals surface area contributed by atoms with Crippen LogP contribution in [-0.4, -0.2) is 43.9 Å². The van der Waals surface area contributed by atoms with E-state index in [2.05, 4.69) is 10.6 Å². The quantitative estimate of drug-likeness (QED) is 0.232. The number of rotatable bonds is 8. The smallest absolute Gasteiger partial charge is 0.258 e. The van der Waals surface area contributed by atoms with Crippen LogP contribution in [0.4, 0.5) is 34.6 Å². The van der Waals surface area contributed by atoms with Crippen molar-refractivity contribution in [2.75, 3.05) is 42.7 Å². The van der Waals surface area contributed by atoms with E-state index in [9.17, 15) is 27.2 Å². The maximum absolute atomic E-state index is 14.2. The van der Waals surface area contributed by atoms with Gasteiger partial charge in [0.1, 0.15) is 5.82 Å². The van der Waals surface area contributed by atoms with Gasteiger partial charge in [-0.25, -0.2) is 17.6 Å². The van der Waals surface area contributed by atoms with Gasteiger partial charge in [-0.3, -0.25) is 9.59 Å². The lowest BCUT2D eigenvalue weighted by Crippen LogP contribution is -2.31. The molecule has 6 nitrogen and oxygen atoms in total. The fraction of sp³-hybridized carbons (Fsp3) is 0.214. The molecule has 0 unspecified atom stereocenters. The molecule has 198 valence electrons. The van der Waals surface area contributed by atoms with E-state index in [1.807, 2.05) is 19.0 Å². The minimum atomic E-state index is -1.64. The molecule has 3 aromatic rings. The molecule has 1 heterocycles. The number of anilines is 3. The number of fused-ring (bicyclic) bond motifs is 1. The van der Waals surface area contributed by atoms with Crippen LogP contribution < -0.4 is 15.5 Å². The molecule has 0 fully saturated rings. The largest absolute Gasteiger partial charge is 0.354 e. The molecule has 0 aliphatic carbocycles. The molecule has 10 heteroatoms. The number of halogens is 4. The summed E-state index contributed by atoms with van der Waals surface area (Å²) in [6.07, 6.45) is 0.764. The highest BCUT2D eigenvalue weighted by atomic mass is 19.2. The lowest BCUT2D eigenvalue weighted by molar-refractivity contribution is -0.116. The van der Waals surface area contributed by atoms with E-state index < -0.39 is 29.2 Å². The molecule has 2 N–H and O–H groups in total. The zero-order valence-corrected chi connectivity index (χ0v) is 21.0. The number of hydrogen-bond donors (Lipinski definition) is 2. The SMILES string of the molecule is CC(=O)N(CCCN(C)C)c1ccc(N/C(=C2\C(=O)Nc3cc(F)ccc32)c2cc(F)c(F)c(F)c2)cc1. The van der Waals surface area contributed by atoms with Gasteiger partial charge < -0.3 is 20.4 Å². The van der Waals surface area contributed by atoms with Gasteiger partial charge in [0.15, 0.2) is 17.5 Å². The molecule has 0 bridgehead atoms. The summed E-state index contributed by atoms with van der Waals surface area (Å²) in [5.74, 6) is -5.82. The number of benzene rings is 3. The Morgan fingerprint density at radius 3 is 2.18 bits per heavy atom. The molecular formula is C28H26F4N4O2. The molecule has 1 aliphatic heterocycles. The second-order valence-corrected chi connectivity index (χ2v) is 9.15. The van der Waals surface area contributed by atoms with Crippen molar-refractivity contribution in [2.45, 2.75) is 13.3 Å². The Bertz CT molecular complexity index is 1400. The Morgan fingerprint density at radius 2 is 1.58 bits per heavy atom. The van der Waals surface area contributed by atoms with E-state index in [1.165, 1.54) is 13.0 Å². The topological polar surface area (TPSA) is 64.7 Å². The molecule has 0 saturated carbocycles. The van der Waals surface area contributed by atoms with E-state index in [-0.39, 0.29) is 28.4 Å². The van der Waals surface area contributed by atoms with Crippen molar-refractivity contribution in [1.82, 2.24) is 4.90 Å². The van der Waals surface area contributed by atoms with Crippen molar-refractivity contribution in [3.8, 4) is 0 Å². The van der Waals surface area contributed by atoms with Crippen LogP contribution >= 0.6 is 0 Å². The molecule has 3 aromatic carbocycles. The second kappa shape index (κ2) is 11.1. The number of carbonyl (C=O) groups is 2. The molecule has 38 heavy (non-hydrogen) atoms. The number of nitrogens with zero attached hydrogens (tertiary/aromatic N) is 2. The number of amides is 2. The summed E-state index contributed by atoms with van der Waals surface area (Å²) in [7, 11) is 3.89. The number of hydrogen-bond acceptors (Lipinski definition) is 4. The normalized spacial score (nSPS) is 13.8. The van der Waals surface area contributed by atoms with E-state index in [0.29, 0.717) is 23.5 Å². The summed E-state index contributed by atoms with van der Waals surface area (Å²) in [4.78, 5) is 28.8. The van der Waals surface area contributed by atoms with E-state index in [0.717, 1.165) is 37.2 Å². The van der Waals surface area contributed by atoms with Gasteiger partial charge in [-0.2, -0.15) is 0 Å². The van der Waals surface area contributed by atoms with Crippen LogP contribution in [0.25, 0.3) is 11.3 Å². The molecule has 2 amide bonds. The summed E-state index contributed by atoms with van der Waals surface area (Å²) >= 11 is 0. The lowest BCUT2D eigenvalue weighted by atomic mass is 9.99. The predicted molar refractivity (Wildman–Crippen MR) is 139 cm³/mol. The molecule has 4 rings (SSSR count). The number of carbonyl (C=O) groups excluding carboxylic acids is 2. The molecule has 1 aliphatic rings. The van der Waals surface area contributed by atoms with Crippen LogP contribution in [0.5, 0.6) is 0 Å². The summed E-state index contributed by atoms with van der Waals surface area (Å²) in [5, 5.41) is 5.55. The van der Waals surface area contributed by atoms with Crippen molar-refractivity contribution in [2.24, 2.45) is 0 Å². The third-order valence-corrected chi connectivity index (χ3v) is 6.06. The van der Waals surface area contributed by atoms with E-state index in [4.69, 9.17) is 0 Å². The zero-order valence-electron chi connectivity index (χ0n) is 21.0. The minimum absolute atomic E-state index is 0.00327. The van der Waals surface area contributed by atoms with Crippen molar-refractivity contribution in [3.05, 3.63) is 89.0 Å². The van der Waals surface area contributed by atoms with E-state index in [1.54, 1.807) is 29.2 Å². The monoisotopic (exact) mass is 526 g/mol. The van der Waals surface area contributed by atoms with Crippen LogP contribution in [-0.2, 0) is 9.59 Å². The standard InChI is InChI=1S/C28H26F4N4O2/c1-16(37)36(12-4-11-35(2)3)20-8-6-19(7-9-20)33-27(17-13-22(30)26(32)23(31)14-17)25-21-10-5-18(29)15-24(21)34-28(25)38/h5-10,13-15,33H,4,11-12H2,1-3H3,(H,34,38)/b27-25-. The Labute approximate surface area is 217 Å². The third-order valence-electron chi connectivity index (χ3n) is 6.06. The van der Waals surface area contributed by atoms with E-state index >= 15 is 0 Å². The summed E-state index contributed by atoms with van der Waals surface area (Å²) in [6.45, 7) is 2.79. The Kier molecular flexibility index (Phi) is 7.82. The van der Waals surface area contributed by atoms with Gasteiger partial charge in [0, 0.05) is 36.0 Å². The van der Waals surface area contributed by atoms with Crippen LogP contribution in [0.15, 0.2) is 54.6 Å². The van der Waals surface area contributed by atoms with Gasteiger partial charge in [-0.1, -0.05) is 0 Å². The predicted octanol–water partition coefficient (Wildman–Crippen LogP) is 5.48. The van der Waals surface area contributed by atoms with Crippen molar-refractivity contribution in [1.29, 1.82) is 0 Å². The van der Waals surface area contributed by atoms with Crippen LogP contribution in [0.1, 0.15) is 24.5 Å². The first-order valence-corrected chi connectivity index (χ1v) is 11.9. The van der Waals surface area contributed by atoms with Gasteiger partial charge in [-0.05, 0) is 81.7 Å². The van der Waals surface area contributed by atoms with Crippen molar-refractivity contribution in [3.63, 3.8) is 0 Å². The fourth-order valence-corrected chi connectivity index (χ4v) is 4.25. The highest BCUT2D eigenvalue weighted by Gasteiger charge is 2.29. The Hall–Kier alpha value is -4.18. The van der Waals surface area contributed by atoms with Gasteiger partial charge in [0.05, 0.1) is 17.0 Å². The van der Waals surface area contributed by atoms with Crippen LogP contribution in [0.3, 0.4) is 0 Å². The molecular weight excluding hydrogens is 500 g/mol. The number of nitrogens with one attached hydrogen (secondary N) is 2. The maximum Gasteiger partial charge on any atom is 0.258 e. The van der Waals surface area contributed by atoms with Crippen molar-refractivity contribution >= 4 is 40.1 Å². The first kappa shape index (κ1) is 26.9. The Balaban J connectivity index is 1.74. The molecule has 0 atom stereocenters. The fourth-order valence-electron chi connectivity index (χ4n) is 4.25. The average molecular weight is 527 g/mol. The summed E-state index contributed by atoms with van der Waals surface area (Å²) in [6, 6.07) is 11.9. The minimum Gasteiger partial charge on any atom is -0.354 e. The van der Waals surface area contributed by atoms with Crippen LogP contribution in [0.2, 0.25) is 0 Å². The van der Waals surface area contributed by atoms with Gasteiger partial charge >= 0.3 is 0 Å². The molecule has 0 saturated heterocycles. The third kappa shape index (κ3) is 5.70. The lowest BCUT2D eigenvalue weighted by Gasteiger charge is -2.23. The first-order chi connectivity index (χ1) is 18.0. The summed E-state index contributed by atoms with van der Waals surface area (Å²) in [5.41, 5.74) is 1.45. The molecule has 0 radical (unpaired) electrons.